The molecule has 0 radical (unpaired) electrons. The molecule has 0 bridgehead atoms. The minimum Gasteiger partial charge on any atom is -0.309 e. The van der Waals surface area contributed by atoms with Crippen molar-refractivity contribution >= 4 is 17.1 Å². The Morgan fingerprint density at radius 3 is 1.36 bits per heavy atom. The molecule has 8 aromatic carbocycles. The van der Waals surface area contributed by atoms with Crippen LogP contribution in [0.1, 0.15) is 72.2 Å². The monoisotopic (exact) mass is 715 g/mol. The molecule has 0 N–H and O–H groups in total. The third-order valence-electron chi connectivity index (χ3n) is 13.9. The molecule has 4 aliphatic rings. The Labute approximate surface area is 329 Å². The van der Waals surface area contributed by atoms with Crippen LogP contribution in [0.2, 0.25) is 0 Å². The Balaban J connectivity index is 1.22. The van der Waals surface area contributed by atoms with Crippen molar-refractivity contribution < 1.29 is 0 Å². The van der Waals surface area contributed by atoms with E-state index in [0.29, 0.717) is 0 Å². The molecule has 266 valence electrons. The van der Waals surface area contributed by atoms with E-state index in [-0.39, 0.29) is 10.8 Å². The largest absolute Gasteiger partial charge is 0.309 e. The van der Waals surface area contributed by atoms with Gasteiger partial charge in [-0.1, -0.05) is 179 Å². The fraction of sp³-hybridized carbons (Fsp3) is 0.127. The average molecular weight is 716 g/mol. The summed E-state index contributed by atoms with van der Waals surface area (Å²) in [6.07, 6.45) is 0. The van der Waals surface area contributed by atoms with Gasteiger partial charge in [-0.15, -0.1) is 0 Å². The molecule has 0 amide bonds. The molecule has 1 nitrogen and oxygen atoms in total. The van der Waals surface area contributed by atoms with E-state index in [2.05, 4.69) is 209 Å². The maximum Gasteiger partial charge on any atom is 0.0746 e. The van der Waals surface area contributed by atoms with Crippen LogP contribution in [-0.4, -0.2) is 0 Å². The van der Waals surface area contributed by atoms with E-state index in [1.807, 2.05) is 0 Å². The number of benzene rings is 8. The lowest BCUT2D eigenvalue weighted by atomic mass is 9.70. The topological polar surface area (TPSA) is 3.24 Å². The summed E-state index contributed by atoms with van der Waals surface area (Å²) in [7, 11) is 0. The van der Waals surface area contributed by atoms with Crippen molar-refractivity contribution in [1.82, 2.24) is 0 Å². The van der Waals surface area contributed by atoms with Gasteiger partial charge in [-0.05, 0) is 102 Å². The van der Waals surface area contributed by atoms with Gasteiger partial charge in [0.2, 0.25) is 0 Å². The predicted molar refractivity (Wildman–Crippen MR) is 233 cm³/mol. The molecule has 0 unspecified atom stereocenters. The number of anilines is 3. The summed E-state index contributed by atoms with van der Waals surface area (Å²) in [5.41, 5.74) is 24.4. The van der Waals surface area contributed by atoms with Gasteiger partial charge in [0.25, 0.3) is 0 Å². The molecule has 12 rings (SSSR count). The fourth-order valence-corrected chi connectivity index (χ4v) is 11.5. The van der Waals surface area contributed by atoms with Crippen LogP contribution >= 0.6 is 0 Å². The summed E-state index contributed by atoms with van der Waals surface area (Å²) < 4.78 is 0. The smallest absolute Gasteiger partial charge is 0.0746 e. The standard InChI is InChI=1S/C55H41N/c1-53(2)43-24-11-9-21-41(43)51-47(53)28-16-29-49(51)56(34-31-32-39-35-17-5-10-23-42(35)54(3,4)48(39)33-34)50-30-15-22-40-38-20-8-14-27-46(38)55(52(40)50)44-25-12-6-18-36(44)37-19-7-13-26-45(37)55/h5-33H,1-4H3. The van der Waals surface area contributed by atoms with Crippen molar-refractivity contribution in [3.8, 4) is 44.5 Å². The zero-order valence-electron chi connectivity index (χ0n) is 32.2. The summed E-state index contributed by atoms with van der Waals surface area (Å²) in [4.78, 5) is 2.63. The Morgan fingerprint density at radius 1 is 0.321 bits per heavy atom. The van der Waals surface area contributed by atoms with Crippen LogP contribution in [0.15, 0.2) is 176 Å². The fourth-order valence-electron chi connectivity index (χ4n) is 11.5. The molecule has 1 heteroatoms. The molecule has 0 atom stereocenters. The molecule has 0 saturated carbocycles. The lowest BCUT2D eigenvalue weighted by Gasteiger charge is -2.37. The van der Waals surface area contributed by atoms with Crippen molar-refractivity contribution in [3.05, 3.63) is 220 Å². The first-order chi connectivity index (χ1) is 27.3. The van der Waals surface area contributed by atoms with Gasteiger partial charge in [0.1, 0.15) is 0 Å². The van der Waals surface area contributed by atoms with Crippen LogP contribution in [0.3, 0.4) is 0 Å². The Kier molecular flexibility index (Phi) is 6.18. The average Bonchev–Trinajstić information content (AvgIpc) is 3.87. The van der Waals surface area contributed by atoms with Crippen LogP contribution in [0.25, 0.3) is 44.5 Å². The molecule has 0 saturated heterocycles. The third-order valence-corrected chi connectivity index (χ3v) is 13.9. The van der Waals surface area contributed by atoms with Crippen LogP contribution in [-0.2, 0) is 16.2 Å². The van der Waals surface area contributed by atoms with Crippen molar-refractivity contribution in [2.75, 3.05) is 4.90 Å². The van der Waals surface area contributed by atoms with E-state index in [1.54, 1.807) is 0 Å². The number of rotatable bonds is 3. The van der Waals surface area contributed by atoms with E-state index in [0.717, 1.165) is 0 Å². The van der Waals surface area contributed by atoms with Gasteiger partial charge in [-0.2, -0.15) is 0 Å². The highest BCUT2D eigenvalue weighted by Crippen LogP contribution is 2.66. The highest BCUT2D eigenvalue weighted by molar-refractivity contribution is 6.02. The highest BCUT2D eigenvalue weighted by atomic mass is 15.2. The van der Waals surface area contributed by atoms with E-state index in [9.17, 15) is 0 Å². The molecule has 56 heavy (non-hydrogen) atoms. The van der Waals surface area contributed by atoms with E-state index in [1.165, 1.54) is 106 Å². The molecular weight excluding hydrogens is 675 g/mol. The number of hydrogen-bond donors (Lipinski definition) is 0. The van der Waals surface area contributed by atoms with Crippen molar-refractivity contribution in [1.29, 1.82) is 0 Å². The molecule has 0 fully saturated rings. The lowest BCUT2D eigenvalue weighted by molar-refractivity contribution is 0.660. The summed E-state index contributed by atoms with van der Waals surface area (Å²) in [5, 5.41) is 0. The molecule has 0 heterocycles. The molecule has 4 aliphatic carbocycles. The predicted octanol–water partition coefficient (Wildman–Crippen LogP) is 14.1. The molecular formula is C55H41N. The zero-order chi connectivity index (χ0) is 37.6. The first-order valence-electron chi connectivity index (χ1n) is 20.0. The van der Waals surface area contributed by atoms with Gasteiger partial charge >= 0.3 is 0 Å². The van der Waals surface area contributed by atoms with Crippen LogP contribution < -0.4 is 4.90 Å². The number of hydrogen-bond acceptors (Lipinski definition) is 1. The molecule has 0 aromatic heterocycles. The second kappa shape index (κ2) is 10.9. The van der Waals surface area contributed by atoms with Gasteiger partial charge in [0.05, 0.1) is 16.8 Å². The zero-order valence-corrected chi connectivity index (χ0v) is 32.2. The summed E-state index contributed by atoms with van der Waals surface area (Å²) in [6.45, 7) is 9.56. The third kappa shape index (κ3) is 3.76. The van der Waals surface area contributed by atoms with Gasteiger partial charge in [0.15, 0.2) is 0 Å². The normalized spacial score (nSPS) is 15.9. The first-order valence-corrected chi connectivity index (χ1v) is 20.0. The van der Waals surface area contributed by atoms with Gasteiger partial charge in [0, 0.05) is 27.6 Å². The minimum atomic E-state index is -0.491. The van der Waals surface area contributed by atoms with E-state index in [4.69, 9.17) is 0 Å². The second-order valence-corrected chi connectivity index (χ2v) is 17.2. The van der Waals surface area contributed by atoms with E-state index >= 15 is 0 Å². The Morgan fingerprint density at radius 2 is 0.732 bits per heavy atom. The summed E-state index contributed by atoms with van der Waals surface area (Å²) in [6, 6.07) is 66.9. The van der Waals surface area contributed by atoms with Crippen molar-refractivity contribution in [2.45, 2.75) is 43.9 Å². The SMILES string of the molecule is CC1(C)c2ccccc2-c2ccc(N(c3cccc4c3-c3ccccc3C4(C)C)c3cccc4c3C3(c5ccccc5-c5ccccc53)c3ccccc3-4)cc21. The van der Waals surface area contributed by atoms with Gasteiger partial charge < -0.3 is 4.90 Å². The van der Waals surface area contributed by atoms with Crippen molar-refractivity contribution in [3.63, 3.8) is 0 Å². The van der Waals surface area contributed by atoms with Gasteiger partial charge in [-0.3, -0.25) is 0 Å². The molecule has 1 spiro atoms. The Hall–Kier alpha value is -6.44. The lowest BCUT2D eigenvalue weighted by Crippen LogP contribution is -2.28. The minimum absolute atomic E-state index is 0.130. The summed E-state index contributed by atoms with van der Waals surface area (Å²) >= 11 is 0. The first kappa shape index (κ1) is 31.9. The van der Waals surface area contributed by atoms with Crippen LogP contribution in [0.4, 0.5) is 17.1 Å². The number of nitrogens with zero attached hydrogens (tertiary/aromatic N) is 1. The Bertz CT molecular complexity index is 2930. The molecule has 8 aromatic rings. The maximum atomic E-state index is 2.63. The van der Waals surface area contributed by atoms with Gasteiger partial charge in [-0.25, -0.2) is 0 Å². The number of fused-ring (bicyclic) bond motifs is 16. The van der Waals surface area contributed by atoms with Crippen LogP contribution in [0, 0.1) is 0 Å². The second-order valence-electron chi connectivity index (χ2n) is 17.2. The maximum absolute atomic E-state index is 2.63. The van der Waals surface area contributed by atoms with Crippen molar-refractivity contribution in [2.24, 2.45) is 0 Å². The van der Waals surface area contributed by atoms with E-state index < -0.39 is 5.41 Å². The summed E-state index contributed by atoms with van der Waals surface area (Å²) in [5.74, 6) is 0. The quantitative estimate of drug-likeness (QED) is 0.176. The molecule has 0 aliphatic heterocycles. The highest BCUT2D eigenvalue weighted by Gasteiger charge is 2.53. The van der Waals surface area contributed by atoms with Crippen LogP contribution in [0.5, 0.6) is 0 Å².